The van der Waals surface area contributed by atoms with Gasteiger partial charge in [0, 0.05) is 0 Å². The maximum absolute atomic E-state index is 11.4. The van der Waals surface area contributed by atoms with Gasteiger partial charge in [-0.2, -0.15) is 0 Å². The van der Waals surface area contributed by atoms with Crippen molar-refractivity contribution < 1.29 is 28.9 Å². The number of unbranched alkanes of at least 4 members (excludes halogenated alkanes) is 1. The average Bonchev–Trinajstić information content (AvgIpc) is 2.76. The molecule has 0 aromatic heterocycles. The average molecular weight is 408 g/mol. The van der Waals surface area contributed by atoms with Crippen LogP contribution in [-0.4, -0.2) is 23.8 Å². The van der Waals surface area contributed by atoms with Gasteiger partial charge in [-0.1, -0.05) is 61.9 Å². The fourth-order valence-corrected chi connectivity index (χ4v) is 2.22. The van der Waals surface area contributed by atoms with Crippen LogP contribution in [0.15, 0.2) is 84.9 Å². The molecule has 0 saturated heterocycles. The largest absolute Gasteiger partial charge is 0.519 e. The summed E-state index contributed by atoms with van der Waals surface area (Å²) in [6.45, 7) is 2.43. The quantitative estimate of drug-likeness (QED) is 0.324. The summed E-state index contributed by atoms with van der Waals surface area (Å²) >= 11 is 0. The number of hydrogen-bond donors (Lipinski definition) is 1. The zero-order valence-electron chi connectivity index (χ0n) is 16.7. The molecular weight excluding hydrogens is 384 g/mol. The Morgan fingerprint density at radius 3 is 1.77 bits per heavy atom. The molecule has 0 radical (unpaired) electrons. The number of carbonyl (C=O) groups excluding carboxylic acids is 2. The Balaban J connectivity index is 0.000000216. The first-order valence-electron chi connectivity index (χ1n) is 9.55. The number of aromatic hydroxyl groups is 1. The zero-order chi connectivity index (χ0) is 21.6. The summed E-state index contributed by atoms with van der Waals surface area (Å²) in [6.07, 6.45) is 1.09. The zero-order valence-corrected chi connectivity index (χ0v) is 16.7. The van der Waals surface area contributed by atoms with E-state index in [-0.39, 0.29) is 11.3 Å². The molecular formula is C24H24O6. The molecule has 0 aliphatic heterocycles. The summed E-state index contributed by atoms with van der Waals surface area (Å²) < 4.78 is 14.9. The topological polar surface area (TPSA) is 82.1 Å². The third-order valence-corrected chi connectivity index (χ3v) is 3.74. The Bertz CT molecular complexity index is 866. The Morgan fingerprint density at radius 2 is 1.27 bits per heavy atom. The highest BCUT2D eigenvalue weighted by molar-refractivity contribution is 5.92. The summed E-state index contributed by atoms with van der Waals surface area (Å²) in [4.78, 5) is 22.7. The second-order valence-electron chi connectivity index (χ2n) is 6.09. The van der Waals surface area contributed by atoms with Gasteiger partial charge in [0.25, 0.3) is 0 Å². The molecule has 0 aliphatic carbocycles. The van der Waals surface area contributed by atoms with Gasteiger partial charge >= 0.3 is 12.1 Å². The molecule has 6 nitrogen and oxygen atoms in total. The first kappa shape index (κ1) is 22.5. The summed E-state index contributed by atoms with van der Waals surface area (Å²) in [5.41, 5.74) is 0.226. The molecule has 0 spiro atoms. The fraction of sp³-hybridized carbons (Fsp3) is 0.167. The molecule has 3 aromatic rings. The maximum Gasteiger partial charge on any atom is 0.519 e. The molecule has 0 aliphatic rings. The van der Waals surface area contributed by atoms with Crippen molar-refractivity contribution in [2.45, 2.75) is 19.8 Å². The molecule has 0 saturated carbocycles. The van der Waals surface area contributed by atoms with Crippen LogP contribution in [0.3, 0.4) is 0 Å². The fourth-order valence-electron chi connectivity index (χ4n) is 2.22. The van der Waals surface area contributed by atoms with Crippen molar-refractivity contribution in [2.24, 2.45) is 0 Å². The van der Waals surface area contributed by atoms with E-state index in [1.54, 1.807) is 66.7 Å². The molecule has 156 valence electrons. The van der Waals surface area contributed by atoms with Crippen LogP contribution < -0.4 is 9.47 Å². The van der Waals surface area contributed by atoms with Crippen LogP contribution in [0.2, 0.25) is 0 Å². The van der Waals surface area contributed by atoms with E-state index in [0.717, 1.165) is 12.8 Å². The molecule has 3 aromatic carbocycles. The predicted octanol–water partition coefficient (Wildman–Crippen LogP) is 5.61. The van der Waals surface area contributed by atoms with Crippen molar-refractivity contribution in [3.63, 3.8) is 0 Å². The highest BCUT2D eigenvalue weighted by Gasteiger charge is 2.10. The van der Waals surface area contributed by atoms with E-state index in [0.29, 0.717) is 18.1 Å². The van der Waals surface area contributed by atoms with Crippen molar-refractivity contribution in [1.82, 2.24) is 0 Å². The number of rotatable bonds is 6. The third kappa shape index (κ3) is 8.06. The molecule has 0 fully saturated rings. The SMILES string of the molecule is CCCCOC(=O)c1ccccc1O.O=C(Oc1ccccc1)Oc1ccccc1. The predicted molar refractivity (Wildman–Crippen MR) is 113 cm³/mol. The van der Waals surface area contributed by atoms with Crippen LogP contribution in [0.25, 0.3) is 0 Å². The van der Waals surface area contributed by atoms with Crippen LogP contribution in [0.4, 0.5) is 4.79 Å². The second kappa shape index (κ2) is 12.6. The lowest BCUT2D eigenvalue weighted by molar-refractivity contribution is 0.0496. The molecule has 3 rings (SSSR count). The molecule has 0 atom stereocenters. The summed E-state index contributed by atoms with van der Waals surface area (Å²) in [6, 6.07) is 23.9. The van der Waals surface area contributed by atoms with E-state index in [1.807, 2.05) is 19.1 Å². The lowest BCUT2D eigenvalue weighted by Gasteiger charge is -2.04. The molecule has 30 heavy (non-hydrogen) atoms. The van der Waals surface area contributed by atoms with Crippen molar-refractivity contribution in [3.05, 3.63) is 90.5 Å². The Hall–Kier alpha value is -3.80. The molecule has 1 N–H and O–H groups in total. The van der Waals surface area contributed by atoms with E-state index in [9.17, 15) is 14.7 Å². The van der Waals surface area contributed by atoms with E-state index in [4.69, 9.17) is 14.2 Å². The van der Waals surface area contributed by atoms with Crippen molar-refractivity contribution in [1.29, 1.82) is 0 Å². The van der Waals surface area contributed by atoms with Gasteiger partial charge in [-0.3, -0.25) is 0 Å². The van der Waals surface area contributed by atoms with Gasteiger partial charge in [-0.15, -0.1) is 0 Å². The van der Waals surface area contributed by atoms with Gasteiger partial charge in [0.05, 0.1) is 6.61 Å². The van der Waals surface area contributed by atoms with Gasteiger partial charge in [-0.25, -0.2) is 9.59 Å². The lowest BCUT2D eigenvalue weighted by atomic mass is 10.2. The van der Waals surface area contributed by atoms with Gasteiger partial charge in [0.15, 0.2) is 0 Å². The molecule has 0 heterocycles. The van der Waals surface area contributed by atoms with E-state index >= 15 is 0 Å². The van der Waals surface area contributed by atoms with Crippen LogP contribution in [0.5, 0.6) is 17.2 Å². The minimum absolute atomic E-state index is 0.0333. The van der Waals surface area contributed by atoms with Crippen LogP contribution >= 0.6 is 0 Å². The Kier molecular flexibility index (Phi) is 9.46. The van der Waals surface area contributed by atoms with Crippen LogP contribution in [-0.2, 0) is 4.74 Å². The number of esters is 1. The van der Waals surface area contributed by atoms with Crippen LogP contribution in [0, 0.1) is 0 Å². The van der Waals surface area contributed by atoms with Gasteiger partial charge < -0.3 is 19.3 Å². The number of hydrogen-bond acceptors (Lipinski definition) is 6. The van der Waals surface area contributed by atoms with Gasteiger partial charge in [-0.05, 0) is 42.8 Å². The minimum Gasteiger partial charge on any atom is -0.507 e. The smallest absolute Gasteiger partial charge is 0.507 e. The van der Waals surface area contributed by atoms with E-state index in [1.165, 1.54) is 6.07 Å². The number of para-hydroxylation sites is 3. The molecule has 0 unspecified atom stereocenters. The minimum atomic E-state index is -0.739. The standard InChI is InChI=1S/C13H10O3.C11H14O3/c14-13(15-11-7-3-1-4-8-11)16-12-9-5-2-6-10-12;1-2-3-8-14-11(13)9-6-4-5-7-10(9)12/h1-10H;4-7,12H,2-3,8H2,1H3. The number of benzene rings is 3. The Labute approximate surface area is 175 Å². The van der Waals surface area contributed by atoms with E-state index < -0.39 is 12.1 Å². The summed E-state index contributed by atoms with van der Waals surface area (Å²) in [7, 11) is 0. The summed E-state index contributed by atoms with van der Waals surface area (Å²) in [5.74, 6) is 0.428. The van der Waals surface area contributed by atoms with E-state index in [2.05, 4.69) is 0 Å². The van der Waals surface area contributed by atoms with Gasteiger partial charge in [0.2, 0.25) is 0 Å². The second-order valence-corrected chi connectivity index (χ2v) is 6.09. The maximum atomic E-state index is 11.4. The first-order valence-corrected chi connectivity index (χ1v) is 9.55. The monoisotopic (exact) mass is 408 g/mol. The van der Waals surface area contributed by atoms with Crippen LogP contribution in [0.1, 0.15) is 30.1 Å². The normalized spacial score (nSPS) is 9.63. The molecule has 0 bridgehead atoms. The number of ether oxygens (including phenoxy) is 3. The Morgan fingerprint density at radius 1 is 0.767 bits per heavy atom. The van der Waals surface area contributed by atoms with Crippen molar-refractivity contribution in [3.8, 4) is 17.2 Å². The molecule has 6 heteroatoms. The first-order chi connectivity index (χ1) is 14.6. The van der Waals surface area contributed by atoms with Gasteiger partial charge in [0.1, 0.15) is 22.8 Å². The number of phenols is 1. The number of carbonyl (C=O) groups is 2. The highest BCUT2D eigenvalue weighted by Crippen LogP contribution is 2.16. The third-order valence-electron chi connectivity index (χ3n) is 3.74. The highest BCUT2D eigenvalue weighted by atomic mass is 16.7. The van der Waals surface area contributed by atoms with Crippen molar-refractivity contribution in [2.75, 3.05) is 6.61 Å². The molecule has 0 amide bonds. The lowest BCUT2D eigenvalue weighted by Crippen LogP contribution is -2.13. The number of phenolic OH excluding ortho intramolecular Hbond substituents is 1. The van der Waals surface area contributed by atoms with Crippen molar-refractivity contribution >= 4 is 12.1 Å². The summed E-state index contributed by atoms with van der Waals surface area (Å²) in [5, 5.41) is 9.34.